The van der Waals surface area contributed by atoms with E-state index in [4.69, 9.17) is 4.74 Å². The molecule has 1 aromatic heterocycles. The largest absolute Gasteiger partial charge is 0.437 e. The fourth-order valence-electron chi connectivity index (χ4n) is 2.78. The molecule has 8 heteroatoms. The van der Waals surface area contributed by atoms with Crippen LogP contribution in [0.25, 0.3) is 11.1 Å². The monoisotopic (exact) mass is 415 g/mol. The van der Waals surface area contributed by atoms with Crippen LogP contribution in [0.15, 0.2) is 54.6 Å². The minimum atomic E-state index is -4.47. The number of ether oxygens (including phenoxy) is 1. The van der Waals surface area contributed by atoms with Gasteiger partial charge in [-0.3, -0.25) is 4.79 Å². The van der Waals surface area contributed by atoms with E-state index in [2.05, 4.69) is 15.5 Å². The molecule has 1 heterocycles. The Bertz CT molecular complexity index is 1050. The molecular weight excluding hydrogens is 395 g/mol. The number of halogens is 3. The highest BCUT2D eigenvalue weighted by Gasteiger charge is 2.30. The summed E-state index contributed by atoms with van der Waals surface area (Å²) in [6.45, 7) is 4.19. The van der Waals surface area contributed by atoms with E-state index in [1.165, 1.54) is 6.07 Å². The summed E-state index contributed by atoms with van der Waals surface area (Å²) in [5.74, 6) is 0.131. The number of rotatable bonds is 6. The molecule has 0 unspecified atom stereocenters. The molecule has 1 amide bonds. The number of hydrogen-bond acceptors (Lipinski definition) is 4. The smallest absolute Gasteiger partial charge is 0.416 e. The number of amides is 1. The Kier molecular flexibility index (Phi) is 6.34. The van der Waals surface area contributed by atoms with Gasteiger partial charge in [0.15, 0.2) is 0 Å². The van der Waals surface area contributed by atoms with Gasteiger partial charge in [0, 0.05) is 17.7 Å². The second kappa shape index (κ2) is 8.94. The molecule has 0 radical (unpaired) electrons. The van der Waals surface area contributed by atoms with Crippen molar-refractivity contribution in [3.8, 4) is 22.8 Å². The highest BCUT2D eigenvalue weighted by molar-refractivity contribution is 5.94. The van der Waals surface area contributed by atoms with Crippen LogP contribution >= 0.6 is 0 Å². The number of benzene rings is 2. The number of hydrogen-bond donors (Lipinski definition) is 1. The standard InChI is InChI=1S/C22H20F3N3O2/c1-3-10-26-20(29)16-7-5-9-18(13-16)30-21-19(11-14(2)27-28-21)15-6-4-8-17(12-15)22(23,24)25/h4-9,11-13H,3,10H2,1-2H3,(H,26,29). The summed E-state index contributed by atoms with van der Waals surface area (Å²) in [6.07, 6.45) is -3.66. The highest BCUT2D eigenvalue weighted by Crippen LogP contribution is 2.36. The van der Waals surface area contributed by atoms with Crippen LogP contribution in [-0.2, 0) is 6.18 Å². The summed E-state index contributed by atoms with van der Waals surface area (Å²) in [5, 5.41) is 10.7. The molecule has 0 bridgehead atoms. The Morgan fingerprint density at radius 1 is 1.07 bits per heavy atom. The summed E-state index contributed by atoms with van der Waals surface area (Å²) in [5.41, 5.74) is 0.836. The number of nitrogens with zero attached hydrogens (tertiary/aromatic N) is 2. The van der Waals surface area contributed by atoms with Crippen LogP contribution in [0.5, 0.6) is 11.6 Å². The van der Waals surface area contributed by atoms with Crippen molar-refractivity contribution in [1.29, 1.82) is 0 Å². The molecule has 0 spiro atoms. The first-order valence-electron chi connectivity index (χ1n) is 9.36. The summed E-state index contributed by atoms with van der Waals surface area (Å²) >= 11 is 0. The van der Waals surface area contributed by atoms with Crippen molar-refractivity contribution in [3.63, 3.8) is 0 Å². The lowest BCUT2D eigenvalue weighted by Crippen LogP contribution is -2.23. The molecule has 0 aliphatic heterocycles. The fourth-order valence-corrected chi connectivity index (χ4v) is 2.78. The molecule has 3 rings (SSSR count). The minimum absolute atomic E-state index is 0.0473. The summed E-state index contributed by atoms with van der Waals surface area (Å²) in [6, 6.07) is 13.0. The van der Waals surface area contributed by atoms with E-state index in [0.29, 0.717) is 34.7 Å². The second-order valence-electron chi connectivity index (χ2n) is 6.67. The zero-order valence-electron chi connectivity index (χ0n) is 16.5. The number of nitrogens with one attached hydrogen (secondary N) is 1. The molecule has 0 aliphatic carbocycles. The maximum atomic E-state index is 13.1. The second-order valence-corrected chi connectivity index (χ2v) is 6.67. The number of aromatic nitrogens is 2. The van der Waals surface area contributed by atoms with Crippen LogP contribution in [0.1, 0.15) is 35.0 Å². The van der Waals surface area contributed by atoms with Crippen LogP contribution in [0.3, 0.4) is 0 Å². The van der Waals surface area contributed by atoms with Gasteiger partial charge in [-0.25, -0.2) is 0 Å². The van der Waals surface area contributed by atoms with Gasteiger partial charge in [0.2, 0.25) is 5.88 Å². The van der Waals surface area contributed by atoms with Crippen LogP contribution in [-0.4, -0.2) is 22.6 Å². The van der Waals surface area contributed by atoms with Crippen molar-refractivity contribution in [3.05, 3.63) is 71.4 Å². The third-order valence-electron chi connectivity index (χ3n) is 4.23. The number of alkyl halides is 3. The summed E-state index contributed by atoms with van der Waals surface area (Å²) in [4.78, 5) is 12.2. The van der Waals surface area contributed by atoms with Gasteiger partial charge >= 0.3 is 6.18 Å². The molecule has 3 aromatic rings. The van der Waals surface area contributed by atoms with Crippen molar-refractivity contribution in [2.24, 2.45) is 0 Å². The Labute approximate surface area is 171 Å². The molecule has 0 saturated carbocycles. The van der Waals surface area contributed by atoms with Gasteiger partial charge in [-0.05, 0) is 55.3 Å². The van der Waals surface area contributed by atoms with E-state index in [9.17, 15) is 18.0 Å². The molecule has 30 heavy (non-hydrogen) atoms. The molecule has 156 valence electrons. The van der Waals surface area contributed by atoms with Gasteiger partial charge in [-0.1, -0.05) is 25.1 Å². The first kappa shape index (κ1) is 21.3. The molecule has 1 N–H and O–H groups in total. The predicted molar refractivity (Wildman–Crippen MR) is 106 cm³/mol. The summed E-state index contributed by atoms with van der Waals surface area (Å²) < 4.78 is 45.2. The van der Waals surface area contributed by atoms with Crippen molar-refractivity contribution in [2.45, 2.75) is 26.4 Å². The van der Waals surface area contributed by atoms with Gasteiger partial charge in [0.1, 0.15) is 5.75 Å². The molecular formula is C22H20F3N3O2. The lowest BCUT2D eigenvalue weighted by atomic mass is 10.0. The maximum Gasteiger partial charge on any atom is 0.416 e. The van der Waals surface area contributed by atoms with Crippen LogP contribution in [0.2, 0.25) is 0 Å². The lowest BCUT2D eigenvalue weighted by Gasteiger charge is -2.13. The van der Waals surface area contributed by atoms with E-state index >= 15 is 0 Å². The van der Waals surface area contributed by atoms with E-state index in [1.54, 1.807) is 43.3 Å². The minimum Gasteiger partial charge on any atom is -0.437 e. The van der Waals surface area contributed by atoms with Crippen LogP contribution in [0, 0.1) is 6.92 Å². The lowest BCUT2D eigenvalue weighted by molar-refractivity contribution is -0.137. The first-order chi connectivity index (χ1) is 14.3. The van der Waals surface area contributed by atoms with Gasteiger partial charge < -0.3 is 10.1 Å². The number of carbonyl (C=O) groups is 1. The highest BCUT2D eigenvalue weighted by atomic mass is 19.4. The number of carbonyl (C=O) groups excluding carboxylic acids is 1. The molecule has 0 atom stereocenters. The van der Waals surface area contributed by atoms with Gasteiger partial charge in [0.05, 0.1) is 11.3 Å². The maximum absolute atomic E-state index is 13.1. The molecule has 0 aliphatic rings. The summed E-state index contributed by atoms with van der Waals surface area (Å²) in [7, 11) is 0. The third-order valence-corrected chi connectivity index (χ3v) is 4.23. The quantitative estimate of drug-likeness (QED) is 0.585. The molecule has 2 aromatic carbocycles. The van der Waals surface area contributed by atoms with Crippen molar-refractivity contribution in [2.75, 3.05) is 6.54 Å². The van der Waals surface area contributed by atoms with Crippen LogP contribution < -0.4 is 10.1 Å². The zero-order valence-corrected chi connectivity index (χ0v) is 16.5. The Morgan fingerprint density at radius 2 is 1.83 bits per heavy atom. The Morgan fingerprint density at radius 3 is 2.57 bits per heavy atom. The number of aryl methyl sites for hydroxylation is 1. The normalized spacial score (nSPS) is 11.2. The molecule has 5 nitrogen and oxygen atoms in total. The Balaban J connectivity index is 1.95. The van der Waals surface area contributed by atoms with Gasteiger partial charge in [0.25, 0.3) is 5.91 Å². The van der Waals surface area contributed by atoms with E-state index < -0.39 is 11.7 Å². The molecule has 0 saturated heterocycles. The molecule has 0 fully saturated rings. The predicted octanol–water partition coefficient (Wildman–Crippen LogP) is 5.40. The average molecular weight is 415 g/mol. The van der Waals surface area contributed by atoms with Crippen molar-refractivity contribution >= 4 is 5.91 Å². The van der Waals surface area contributed by atoms with Gasteiger partial charge in [-0.15, -0.1) is 5.10 Å². The van der Waals surface area contributed by atoms with E-state index in [-0.39, 0.29) is 11.8 Å². The zero-order chi connectivity index (χ0) is 21.7. The van der Waals surface area contributed by atoms with Gasteiger partial charge in [-0.2, -0.15) is 18.3 Å². The van der Waals surface area contributed by atoms with E-state index in [0.717, 1.165) is 18.6 Å². The third kappa shape index (κ3) is 5.14. The first-order valence-corrected chi connectivity index (χ1v) is 9.36. The van der Waals surface area contributed by atoms with Crippen LogP contribution in [0.4, 0.5) is 13.2 Å². The fraction of sp³-hybridized carbons (Fsp3) is 0.227. The van der Waals surface area contributed by atoms with E-state index in [1.807, 2.05) is 6.92 Å². The van der Waals surface area contributed by atoms with Crippen molar-refractivity contribution in [1.82, 2.24) is 15.5 Å². The SMILES string of the molecule is CCCNC(=O)c1cccc(Oc2nnc(C)cc2-c2cccc(C(F)(F)F)c2)c1. The average Bonchev–Trinajstić information content (AvgIpc) is 2.73. The topological polar surface area (TPSA) is 64.1 Å². The van der Waals surface area contributed by atoms with Crippen molar-refractivity contribution < 1.29 is 22.7 Å². The Hall–Kier alpha value is -3.42.